The molecule has 4 rings (SSSR count). The molecular weight excluding hydrogens is 390 g/mol. The number of carbonyl (C=O) groups is 3. The number of piperidine rings is 2. The zero-order chi connectivity index (χ0) is 22.3. The summed E-state index contributed by atoms with van der Waals surface area (Å²) in [5, 5.41) is 0. The van der Waals surface area contributed by atoms with Crippen molar-refractivity contribution in [2.45, 2.75) is 57.9 Å². The summed E-state index contributed by atoms with van der Waals surface area (Å²) in [6.07, 6.45) is 2.87. The summed E-state index contributed by atoms with van der Waals surface area (Å²) in [7, 11) is 1.88. The minimum atomic E-state index is -0.0151. The minimum Gasteiger partial charge on any atom is -0.342 e. The largest absolute Gasteiger partial charge is 0.342 e. The highest BCUT2D eigenvalue weighted by molar-refractivity contribution is 5.94. The Morgan fingerprint density at radius 1 is 0.935 bits per heavy atom. The van der Waals surface area contributed by atoms with Crippen molar-refractivity contribution in [1.82, 2.24) is 14.7 Å². The monoisotopic (exact) mass is 425 g/mol. The summed E-state index contributed by atoms with van der Waals surface area (Å²) in [5.74, 6) is 0.722. The van der Waals surface area contributed by atoms with Crippen molar-refractivity contribution >= 4 is 17.7 Å². The van der Waals surface area contributed by atoms with Crippen molar-refractivity contribution < 1.29 is 14.4 Å². The molecule has 3 saturated heterocycles. The van der Waals surface area contributed by atoms with Crippen LogP contribution in [0, 0.1) is 11.8 Å². The summed E-state index contributed by atoms with van der Waals surface area (Å²) in [6, 6.07) is 8.21. The van der Waals surface area contributed by atoms with Gasteiger partial charge in [-0.3, -0.25) is 14.4 Å². The molecule has 3 amide bonds. The Kier molecular flexibility index (Phi) is 5.84. The van der Waals surface area contributed by atoms with Crippen LogP contribution in [0.3, 0.4) is 0 Å². The maximum atomic E-state index is 13.1. The van der Waals surface area contributed by atoms with E-state index in [-0.39, 0.29) is 35.0 Å². The summed E-state index contributed by atoms with van der Waals surface area (Å²) in [6.45, 7) is 9.16. The third-order valence-electron chi connectivity index (χ3n) is 7.46. The first-order valence-corrected chi connectivity index (χ1v) is 11.6. The van der Waals surface area contributed by atoms with Crippen LogP contribution in [-0.4, -0.2) is 71.7 Å². The SMILES string of the molecule is CN1C(=O)C[C@@H]2CN(C(=O)C3CCN(C(=O)c4ccc(C(C)(C)C)cc4)CC3)CC[C@@H]21. The number of benzene rings is 1. The second-order valence-corrected chi connectivity index (χ2v) is 10.5. The van der Waals surface area contributed by atoms with E-state index in [0.29, 0.717) is 44.9 Å². The predicted octanol–water partition coefficient (Wildman–Crippen LogP) is 2.92. The fourth-order valence-corrected chi connectivity index (χ4v) is 5.37. The topological polar surface area (TPSA) is 60.9 Å². The highest BCUT2D eigenvalue weighted by Gasteiger charge is 2.43. The molecule has 2 atom stereocenters. The second kappa shape index (κ2) is 8.29. The highest BCUT2D eigenvalue weighted by Crippen LogP contribution is 2.32. The summed E-state index contributed by atoms with van der Waals surface area (Å²) < 4.78 is 0. The fourth-order valence-electron chi connectivity index (χ4n) is 5.37. The van der Waals surface area contributed by atoms with Gasteiger partial charge in [0.25, 0.3) is 5.91 Å². The molecule has 3 aliphatic heterocycles. The van der Waals surface area contributed by atoms with E-state index >= 15 is 0 Å². The zero-order valence-corrected chi connectivity index (χ0v) is 19.3. The third-order valence-corrected chi connectivity index (χ3v) is 7.46. The van der Waals surface area contributed by atoms with Crippen LogP contribution < -0.4 is 0 Å². The van der Waals surface area contributed by atoms with Gasteiger partial charge >= 0.3 is 0 Å². The average molecular weight is 426 g/mol. The number of fused-ring (bicyclic) bond motifs is 1. The van der Waals surface area contributed by atoms with Gasteiger partial charge in [-0.25, -0.2) is 0 Å². The average Bonchev–Trinajstić information content (AvgIpc) is 3.05. The van der Waals surface area contributed by atoms with Gasteiger partial charge in [0.1, 0.15) is 0 Å². The van der Waals surface area contributed by atoms with E-state index in [1.165, 1.54) is 5.56 Å². The van der Waals surface area contributed by atoms with Gasteiger partial charge < -0.3 is 14.7 Å². The van der Waals surface area contributed by atoms with Gasteiger partial charge in [0.2, 0.25) is 11.8 Å². The van der Waals surface area contributed by atoms with Crippen molar-refractivity contribution in [3.8, 4) is 0 Å². The fraction of sp³-hybridized carbons (Fsp3) is 0.640. The molecule has 0 bridgehead atoms. The van der Waals surface area contributed by atoms with Crippen LogP contribution in [0.15, 0.2) is 24.3 Å². The van der Waals surface area contributed by atoms with Crippen molar-refractivity contribution in [3.05, 3.63) is 35.4 Å². The Balaban J connectivity index is 1.31. The van der Waals surface area contributed by atoms with Gasteiger partial charge in [-0.1, -0.05) is 32.9 Å². The Morgan fingerprint density at radius 2 is 1.55 bits per heavy atom. The van der Waals surface area contributed by atoms with Crippen LogP contribution >= 0.6 is 0 Å². The molecule has 1 aromatic rings. The van der Waals surface area contributed by atoms with Crippen LogP contribution in [0.25, 0.3) is 0 Å². The van der Waals surface area contributed by atoms with Gasteiger partial charge in [-0.15, -0.1) is 0 Å². The molecular formula is C25H35N3O3. The number of hydrogen-bond donors (Lipinski definition) is 0. The quantitative estimate of drug-likeness (QED) is 0.732. The number of carbonyl (C=O) groups excluding carboxylic acids is 3. The van der Waals surface area contributed by atoms with Crippen LogP contribution in [-0.2, 0) is 15.0 Å². The first kappa shape index (κ1) is 21.8. The molecule has 0 unspecified atom stereocenters. The van der Waals surface area contributed by atoms with Crippen LogP contribution in [0.2, 0.25) is 0 Å². The van der Waals surface area contributed by atoms with Crippen LogP contribution in [0.5, 0.6) is 0 Å². The second-order valence-electron chi connectivity index (χ2n) is 10.5. The number of rotatable bonds is 2. The molecule has 0 aliphatic carbocycles. The van der Waals surface area contributed by atoms with Gasteiger partial charge in [0, 0.05) is 63.1 Å². The van der Waals surface area contributed by atoms with E-state index in [1.807, 2.05) is 46.0 Å². The molecule has 168 valence electrons. The van der Waals surface area contributed by atoms with Gasteiger partial charge in [-0.05, 0) is 42.4 Å². The van der Waals surface area contributed by atoms with Crippen molar-refractivity contribution in [2.24, 2.45) is 11.8 Å². The minimum absolute atomic E-state index is 0.0151. The molecule has 0 aromatic heterocycles. The van der Waals surface area contributed by atoms with Crippen molar-refractivity contribution in [3.63, 3.8) is 0 Å². The van der Waals surface area contributed by atoms with Crippen LogP contribution in [0.1, 0.15) is 62.4 Å². The van der Waals surface area contributed by atoms with Gasteiger partial charge in [0.05, 0.1) is 0 Å². The van der Waals surface area contributed by atoms with Gasteiger partial charge in [0.15, 0.2) is 0 Å². The maximum Gasteiger partial charge on any atom is 0.253 e. The van der Waals surface area contributed by atoms with E-state index in [1.54, 1.807) is 0 Å². The van der Waals surface area contributed by atoms with Crippen molar-refractivity contribution in [1.29, 1.82) is 0 Å². The van der Waals surface area contributed by atoms with Crippen molar-refractivity contribution in [2.75, 3.05) is 33.2 Å². The third kappa shape index (κ3) is 4.35. The van der Waals surface area contributed by atoms with E-state index < -0.39 is 0 Å². The smallest absolute Gasteiger partial charge is 0.253 e. The number of amides is 3. The molecule has 6 heteroatoms. The molecule has 3 heterocycles. The maximum absolute atomic E-state index is 13.1. The summed E-state index contributed by atoms with van der Waals surface area (Å²) in [4.78, 5) is 43.7. The molecule has 1 aromatic carbocycles. The van der Waals surface area contributed by atoms with E-state index in [0.717, 1.165) is 18.5 Å². The molecule has 3 aliphatic rings. The van der Waals surface area contributed by atoms with E-state index in [2.05, 4.69) is 20.8 Å². The Bertz CT molecular complexity index is 850. The summed E-state index contributed by atoms with van der Waals surface area (Å²) in [5.41, 5.74) is 2.00. The summed E-state index contributed by atoms with van der Waals surface area (Å²) >= 11 is 0. The Hall–Kier alpha value is -2.37. The first-order chi connectivity index (χ1) is 14.6. The highest BCUT2D eigenvalue weighted by atomic mass is 16.2. The molecule has 3 fully saturated rings. The number of hydrogen-bond acceptors (Lipinski definition) is 3. The molecule has 6 nitrogen and oxygen atoms in total. The molecule has 0 radical (unpaired) electrons. The normalized spacial score (nSPS) is 25.0. The number of likely N-dealkylation sites (tertiary alicyclic amines) is 3. The standard InChI is InChI=1S/C25H35N3O3/c1-25(2,3)20-7-5-17(6-8-20)23(30)27-12-9-18(10-13-27)24(31)28-14-11-21-19(16-28)15-22(29)26(21)4/h5-8,18-19,21H,9-16H2,1-4H3/t19-,21+/m1/s1. The Labute approximate surface area is 185 Å². The lowest BCUT2D eigenvalue weighted by Crippen LogP contribution is -2.50. The van der Waals surface area contributed by atoms with Crippen LogP contribution in [0.4, 0.5) is 0 Å². The first-order valence-electron chi connectivity index (χ1n) is 11.6. The number of nitrogens with zero attached hydrogens (tertiary/aromatic N) is 3. The van der Waals surface area contributed by atoms with E-state index in [9.17, 15) is 14.4 Å². The lowest BCUT2D eigenvalue weighted by molar-refractivity contribution is -0.139. The molecule has 0 spiro atoms. The van der Waals surface area contributed by atoms with Gasteiger partial charge in [-0.2, -0.15) is 0 Å². The molecule has 0 N–H and O–H groups in total. The zero-order valence-electron chi connectivity index (χ0n) is 19.3. The Morgan fingerprint density at radius 3 is 2.16 bits per heavy atom. The predicted molar refractivity (Wildman–Crippen MR) is 120 cm³/mol. The molecule has 31 heavy (non-hydrogen) atoms. The lowest BCUT2D eigenvalue weighted by atomic mass is 9.86. The lowest BCUT2D eigenvalue weighted by Gasteiger charge is -2.39. The van der Waals surface area contributed by atoms with E-state index in [4.69, 9.17) is 0 Å². The molecule has 0 saturated carbocycles.